The highest BCUT2D eigenvalue weighted by Gasteiger charge is 2.46. The van der Waals surface area contributed by atoms with Crippen LogP contribution < -0.4 is 5.32 Å². The van der Waals surface area contributed by atoms with E-state index in [1.807, 2.05) is 0 Å². The minimum atomic E-state index is 0.155. The Morgan fingerprint density at radius 1 is 1.50 bits per heavy atom. The van der Waals surface area contributed by atoms with Gasteiger partial charge in [-0.15, -0.1) is 0 Å². The highest BCUT2D eigenvalue weighted by molar-refractivity contribution is 9.09. The lowest BCUT2D eigenvalue weighted by Crippen LogP contribution is -2.47. The largest absolute Gasteiger partial charge is 0.380 e. The van der Waals surface area contributed by atoms with Gasteiger partial charge in [0.15, 0.2) is 0 Å². The van der Waals surface area contributed by atoms with Crippen molar-refractivity contribution in [3.05, 3.63) is 0 Å². The molecular weight excluding hydrogens is 246 g/mol. The Hall–Kier alpha value is 0.0700. The molecule has 0 radical (unpaired) electrons. The molecule has 1 saturated heterocycles. The number of halogens is 1. The van der Waals surface area contributed by atoms with Crippen LogP contribution in [0.1, 0.15) is 12.8 Å². The number of rotatable bonds is 2. The van der Waals surface area contributed by atoms with Crippen LogP contribution in [0.15, 0.2) is 0 Å². The Morgan fingerprint density at radius 3 is 2.93 bits per heavy atom. The molecule has 0 amide bonds. The van der Waals surface area contributed by atoms with Crippen molar-refractivity contribution in [2.45, 2.75) is 29.8 Å². The minimum absolute atomic E-state index is 0.155. The first-order valence-corrected chi connectivity index (χ1v) is 6.05. The van der Waals surface area contributed by atoms with E-state index in [2.05, 4.69) is 21.2 Å². The van der Waals surface area contributed by atoms with Crippen LogP contribution in [-0.2, 0) is 9.53 Å². The highest BCUT2D eigenvalue weighted by atomic mass is 79.9. The standard InChI is InChI=1S/C10H16BrNO2/c1-14-8-3-2-7(11)9-6(5-13)4-12-10(8)9/h5-10,12H,2-4H2,1H3. The maximum atomic E-state index is 10.9. The number of carbonyl (C=O) groups is 1. The molecule has 0 spiro atoms. The molecule has 1 aliphatic heterocycles. The van der Waals surface area contributed by atoms with Crippen LogP contribution in [0, 0.1) is 11.8 Å². The molecule has 4 heteroatoms. The molecule has 0 aromatic heterocycles. The summed E-state index contributed by atoms with van der Waals surface area (Å²) in [5.74, 6) is 0.563. The minimum Gasteiger partial charge on any atom is -0.380 e. The number of alkyl halides is 1. The van der Waals surface area contributed by atoms with E-state index < -0.39 is 0 Å². The molecule has 2 fully saturated rings. The Bertz CT molecular complexity index is 224. The highest BCUT2D eigenvalue weighted by Crippen LogP contribution is 2.39. The number of hydrogen-bond donors (Lipinski definition) is 1. The van der Waals surface area contributed by atoms with Crippen LogP contribution in [0.2, 0.25) is 0 Å². The van der Waals surface area contributed by atoms with E-state index in [9.17, 15) is 4.79 Å². The van der Waals surface area contributed by atoms with Gasteiger partial charge in [0.25, 0.3) is 0 Å². The molecule has 5 atom stereocenters. The topological polar surface area (TPSA) is 38.3 Å². The third-order valence-corrected chi connectivity index (χ3v) is 4.59. The molecule has 2 rings (SSSR count). The summed E-state index contributed by atoms with van der Waals surface area (Å²) in [6.07, 6.45) is 3.54. The summed E-state index contributed by atoms with van der Waals surface area (Å²) in [5, 5.41) is 3.40. The van der Waals surface area contributed by atoms with Crippen LogP contribution in [0.5, 0.6) is 0 Å². The number of hydrogen-bond acceptors (Lipinski definition) is 3. The zero-order valence-corrected chi connectivity index (χ0v) is 9.87. The fourth-order valence-electron chi connectivity index (χ4n) is 2.78. The maximum absolute atomic E-state index is 10.9. The predicted molar refractivity (Wildman–Crippen MR) is 57.6 cm³/mol. The molecule has 3 nitrogen and oxygen atoms in total. The summed E-state index contributed by atoms with van der Waals surface area (Å²) in [5.41, 5.74) is 0. The summed E-state index contributed by atoms with van der Waals surface area (Å²) < 4.78 is 5.45. The average Bonchev–Trinajstić information content (AvgIpc) is 2.63. The summed E-state index contributed by atoms with van der Waals surface area (Å²) >= 11 is 3.68. The van der Waals surface area contributed by atoms with Gasteiger partial charge in [-0.2, -0.15) is 0 Å². The molecule has 1 saturated carbocycles. The van der Waals surface area contributed by atoms with Crippen molar-refractivity contribution >= 4 is 22.2 Å². The predicted octanol–water partition coefficient (Wildman–Crippen LogP) is 0.962. The van der Waals surface area contributed by atoms with E-state index in [4.69, 9.17) is 4.74 Å². The van der Waals surface area contributed by atoms with Gasteiger partial charge >= 0.3 is 0 Å². The Labute approximate surface area is 92.7 Å². The summed E-state index contributed by atoms with van der Waals surface area (Å²) in [4.78, 5) is 11.4. The molecular formula is C10H16BrNO2. The summed E-state index contributed by atoms with van der Waals surface area (Å²) in [6, 6.07) is 0.355. The van der Waals surface area contributed by atoms with Gasteiger partial charge in [-0.05, 0) is 18.8 Å². The second-order valence-corrected chi connectivity index (χ2v) is 5.35. The zero-order valence-electron chi connectivity index (χ0n) is 8.28. The number of fused-ring (bicyclic) bond motifs is 1. The average molecular weight is 262 g/mol. The summed E-state index contributed by atoms with van der Waals surface area (Å²) in [6.45, 7) is 0.806. The Balaban J connectivity index is 2.14. The molecule has 0 aromatic carbocycles. The van der Waals surface area contributed by atoms with Crippen molar-refractivity contribution in [1.82, 2.24) is 5.32 Å². The number of methoxy groups -OCH3 is 1. The summed E-state index contributed by atoms with van der Waals surface area (Å²) in [7, 11) is 1.76. The first-order chi connectivity index (χ1) is 6.77. The van der Waals surface area contributed by atoms with Gasteiger partial charge in [0.1, 0.15) is 6.29 Å². The molecule has 5 unspecified atom stereocenters. The van der Waals surface area contributed by atoms with Crippen molar-refractivity contribution < 1.29 is 9.53 Å². The van der Waals surface area contributed by atoms with E-state index >= 15 is 0 Å². The molecule has 0 aromatic rings. The number of carbonyl (C=O) groups excluding carboxylic acids is 1. The first kappa shape index (κ1) is 10.6. The first-order valence-electron chi connectivity index (χ1n) is 5.13. The van der Waals surface area contributed by atoms with E-state index in [-0.39, 0.29) is 12.0 Å². The third-order valence-electron chi connectivity index (χ3n) is 3.52. The normalized spacial score (nSPS) is 47.4. The van der Waals surface area contributed by atoms with Gasteiger partial charge in [-0.3, -0.25) is 0 Å². The molecule has 14 heavy (non-hydrogen) atoms. The third kappa shape index (κ3) is 1.64. The van der Waals surface area contributed by atoms with Crippen molar-refractivity contribution in [3.8, 4) is 0 Å². The van der Waals surface area contributed by atoms with Crippen molar-refractivity contribution in [1.29, 1.82) is 0 Å². The molecule has 2 aliphatic rings. The van der Waals surface area contributed by atoms with E-state index in [1.54, 1.807) is 7.11 Å². The van der Waals surface area contributed by atoms with Crippen LogP contribution in [0.25, 0.3) is 0 Å². The molecule has 1 N–H and O–H groups in total. The van der Waals surface area contributed by atoms with Crippen LogP contribution >= 0.6 is 15.9 Å². The van der Waals surface area contributed by atoms with Gasteiger partial charge < -0.3 is 14.8 Å². The number of ether oxygens (including phenoxy) is 1. The monoisotopic (exact) mass is 261 g/mol. The van der Waals surface area contributed by atoms with Gasteiger partial charge in [0, 0.05) is 30.4 Å². The van der Waals surface area contributed by atoms with Crippen molar-refractivity contribution in [3.63, 3.8) is 0 Å². The van der Waals surface area contributed by atoms with Crippen molar-refractivity contribution in [2.24, 2.45) is 11.8 Å². The van der Waals surface area contributed by atoms with Crippen LogP contribution in [0.3, 0.4) is 0 Å². The molecule has 1 aliphatic carbocycles. The maximum Gasteiger partial charge on any atom is 0.124 e. The second-order valence-electron chi connectivity index (χ2n) is 4.18. The second kappa shape index (κ2) is 4.29. The lowest BCUT2D eigenvalue weighted by molar-refractivity contribution is -0.112. The fourth-order valence-corrected chi connectivity index (χ4v) is 3.77. The Morgan fingerprint density at radius 2 is 2.29 bits per heavy atom. The quantitative estimate of drug-likeness (QED) is 0.595. The Kier molecular flexibility index (Phi) is 3.24. The molecule has 0 bridgehead atoms. The SMILES string of the molecule is COC1CCC(Br)C2C(C=O)CNC12. The lowest BCUT2D eigenvalue weighted by atomic mass is 9.79. The van der Waals surface area contributed by atoms with E-state index in [0.717, 1.165) is 25.7 Å². The molecule has 80 valence electrons. The van der Waals surface area contributed by atoms with E-state index in [0.29, 0.717) is 16.8 Å². The number of aldehydes is 1. The van der Waals surface area contributed by atoms with Gasteiger partial charge in [0.2, 0.25) is 0 Å². The van der Waals surface area contributed by atoms with Gasteiger partial charge in [-0.25, -0.2) is 0 Å². The van der Waals surface area contributed by atoms with E-state index in [1.165, 1.54) is 0 Å². The number of nitrogens with one attached hydrogen (secondary N) is 1. The van der Waals surface area contributed by atoms with Crippen molar-refractivity contribution in [2.75, 3.05) is 13.7 Å². The van der Waals surface area contributed by atoms with Crippen LogP contribution in [0.4, 0.5) is 0 Å². The fraction of sp³-hybridized carbons (Fsp3) is 0.900. The zero-order chi connectivity index (χ0) is 10.1. The smallest absolute Gasteiger partial charge is 0.124 e. The lowest BCUT2D eigenvalue weighted by Gasteiger charge is -2.37. The van der Waals surface area contributed by atoms with Crippen LogP contribution in [-0.4, -0.2) is 36.9 Å². The molecule has 1 heterocycles. The van der Waals surface area contributed by atoms with Gasteiger partial charge in [-0.1, -0.05) is 15.9 Å². The van der Waals surface area contributed by atoms with Gasteiger partial charge in [0.05, 0.1) is 6.10 Å².